The van der Waals surface area contributed by atoms with Gasteiger partial charge < -0.3 is 15.7 Å². The summed E-state index contributed by atoms with van der Waals surface area (Å²) in [6.07, 6.45) is 1.35. The van der Waals surface area contributed by atoms with Gasteiger partial charge in [0.05, 0.1) is 6.42 Å². The Balaban J connectivity index is 2.21. The zero-order valence-corrected chi connectivity index (χ0v) is 11.1. The first-order valence-electron chi connectivity index (χ1n) is 5.90. The number of hydrogen-bond donors (Lipinski definition) is 3. The maximum absolute atomic E-state index is 11.5. The number of carbonyl (C=O) groups excluding carboxylic acids is 1. The molecule has 1 atom stereocenters. The molecule has 0 radical (unpaired) electrons. The van der Waals surface area contributed by atoms with Gasteiger partial charge in [0.25, 0.3) is 0 Å². The molecule has 0 bridgehead atoms. The van der Waals surface area contributed by atoms with Crippen LogP contribution in [0.2, 0.25) is 0 Å². The van der Waals surface area contributed by atoms with Crippen LogP contribution in [-0.2, 0) is 11.2 Å². The van der Waals surface area contributed by atoms with E-state index in [2.05, 4.69) is 10.6 Å². The molecule has 0 saturated heterocycles. The summed E-state index contributed by atoms with van der Waals surface area (Å²) < 4.78 is 0. The highest BCUT2D eigenvalue weighted by Crippen LogP contribution is 2.08. The molecule has 1 unspecified atom stereocenters. The highest BCUT2D eigenvalue weighted by atomic mass is 32.1. The maximum Gasteiger partial charge on any atom is 0.315 e. The predicted octanol–water partition coefficient (Wildman–Crippen LogP) is 1.84. The van der Waals surface area contributed by atoms with Crippen LogP contribution in [-0.4, -0.2) is 29.7 Å². The van der Waals surface area contributed by atoms with E-state index >= 15 is 0 Å². The van der Waals surface area contributed by atoms with Crippen molar-refractivity contribution < 1.29 is 14.7 Å². The number of carboxylic acid groups (broad SMARTS) is 1. The topological polar surface area (TPSA) is 78.4 Å². The fourth-order valence-electron chi connectivity index (χ4n) is 1.50. The van der Waals surface area contributed by atoms with Gasteiger partial charge in [-0.15, -0.1) is 11.3 Å². The zero-order chi connectivity index (χ0) is 13.4. The molecule has 2 amide bonds. The Hall–Kier alpha value is -1.56. The van der Waals surface area contributed by atoms with Gasteiger partial charge in [-0.3, -0.25) is 4.79 Å². The predicted molar refractivity (Wildman–Crippen MR) is 70.9 cm³/mol. The van der Waals surface area contributed by atoms with Crippen molar-refractivity contribution in [3.05, 3.63) is 22.4 Å². The molecule has 0 aliphatic heterocycles. The number of hydrogen-bond acceptors (Lipinski definition) is 3. The first-order valence-corrected chi connectivity index (χ1v) is 6.78. The van der Waals surface area contributed by atoms with Gasteiger partial charge in [0.2, 0.25) is 0 Å². The van der Waals surface area contributed by atoms with E-state index in [1.807, 2.05) is 24.4 Å². The fourth-order valence-corrected chi connectivity index (χ4v) is 2.21. The molecule has 100 valence electrons. The summed E-state index contributed by atoms with van der Waals surface area (Å²) in [4.78, 5) is 23.3. The van der Waals surface area contributed by atoms with E-state index in [1.165, 1.54) is 4.88 Å². The Kier molecular flexibility index (Phi) is 6.21. The smallest absolute Gasteiger partial charge is 0.315 e. The first-order chi connectivity index (χ1) is 8.61. The van der Waals surface area contributed by atoms with Crippen LogP contribution < -0.4 is 10.6 Å². The number of rotatable bonds is 7. The second-order valence-corrected chi connectivity index (χ2v) is 4.96. The van der Waals surface area contributed by atoms with Crippen LogP contribution >= 0.6 is 11.3 Å². The van der Waals surface area contributed by atoms with Gasteiger partial charge in [-0.05, 0) is 24.3 Å². The Morgan fingerprint density at radius 1 is 1.50 bits per heavy atom. The van der Waals surface area contributed by atoms with Crippen molar-refractivity contribution in [3.63, 3.8) is 0 Å². The highest BCUT2D eigenvalue weighted by Gasteiger charge is 2.13. The number of thiophene rings is 1. The zero-order valence-electron chi connectivity index (χ0n) is 10.3. The van der Waals surface area contributed by atoms with E-state index in [1.54, 1.807) is 11.3 Å². The number of aliphatic carboxylic acids is 1. The molecule has 0 spiro atoms. The lowest BCUT2D eigenvalue weighted by Crippen LogP contribution is -2.43. The molecular formula is C12H18N2O3S. The summed E-state index contributed by atoms with van der Waals surface area (Å²) in [5, 5.41) is 16.0. The Bertz CT molecular complexity index is 379. The van der Waals surface area contributed by atoms with E-state index in [9.17, 15) is 9.59 Å². The van der Waals surface area contributed by atoms with Crippen molar-refractivity contribution in [1.82, 2.24) is 10.6 Å². The van der Waals surface area contributed by atoms with E-state index in [0.29, 0.717) is 13.0 Å². The van der Waals surface area contributed by atoms with Gasteiger partial charge in [0.15, 0.2) is 0 Å². The summed E-state index contributed by atoms with van der Waals surface area (Å²) >= 11 is 1.65. The normalized spacial score (nSPS) is 11.8. The van der Waals surface area contributed by atoms with Crippen molar-refractivity contribution in [2.24, 2.45) is 0 Å². The number of urea groups is 1. The average Bonchev–Trinajstić information content (AvgIpc) is 2.80. The summed E-state index contributed by atoms with van der Waals surface area (Å²) in [5.74, 6) is -0.902. The van der Waals surface area contributed by atoms with Crippen molar-refractivity contribution in [2.75, 3.05) is 6.54 Å². The molecule has 0 fully saturated rings. The minimum atomic E-state index is -0.902. The van der Waals surface area contributed by atoms with E-state index in [-0.39, 0.29) is 18.5 Å². The third-order valence-electron chi connectivity index (χ3n) is 2.49. The highest BCUT2D eigenvalue weighted by molar-refractivity contribution is 7.09. The molecule has 1 aromatic rings. The lowest BCUT2D eigenvalue weighted by atomic mass is 10.1. The molecule has 1 aromatic heterocycles. The van der Waals surface area contributed by atoms with Crippen LogP contribution in [0, 0.1) is 0 Å². The Morgan fingerprint density at radius 3 is 2.83 bits per heavy atom. The monoisotopic (exact) mass is 270 g/mol. The minimum Gasteiger partial charge on any atom is -0.481 e. The van der Waals surface area contributed by atoms with E-state index in [4.69, 9.17) is 5.11 Å². The SMILES string of the molecule is CCC(CC(=O)O)NC(=O)NCCc1cccs1. The number of carboxylic acids is 1. The fraction of sp³-hybridized carbons (Fsp3) is 0.500. The molecule has 0 aliphatic rings. The van der Waals surface area contributed by atoms with Gasteiger partial charge in [0, 0.05) is 17.5 Å². The first kappa shape index (κ1) is 14.5. The molecule has 1 heterocycles. The quantitative estimate of drug-likeness (QED) is 0.707. The molecule has 1 rings (SSSR count). The largest absolute Gasteiger partial charge is 0.481 e. The third kappa shape index (κ3) is 5.67. The Labute approximate surface area is 110 Å². The Morgan fingerprint density at radius 2 is 2.28 bits per heavy atom. The molecule has 0 saturated carbocycles. The molecule has 6 heteroatoms. The standard InChI is InChI=1S/C12H18N2O3S/c1-2-9(8-11(15)16)14-12(17)13-6-5-10-4-3-7-18-10/h3-4,7,9H,2,5-6,8H2,1H3,(H,15,16)(H2,13,14,17). The number of nitrogens with one attached hydrogen (secondary N) is 2. The second kappa shape index (κ2) is 7.71. The van der Waals surface area contributed by atoms with E-state index < -0.39 is 5.97 Å². The molecule has 0 aromatic carbocycles. The van der Waals surface area contributed by atoms with Crippen molar-refractivity contribution in [2.45, 2.75) is 32.2 Å². The number of carbonyl (C=O) groups is 2. The number of amides is 2. The summed E-state index contributed by atoms with van der Waals surface area (Å²) in [6, 6.07) is 3.37. The van der Waals surface area contributed by atoms with Crippen LogP contribution in [0.5, 0.6) is 0 Å². The van der Waals surface area contributed by atoms with Crippen molar-refractivity contribution >= 4 is 23.3 Å². The van der Waals surface area contributed by atoms with E-state index in [0.717, 1.165) is 6.42 Å². The van der Waals surface area contributed by atoms with Crippen LogP contribution in [0.1, 0.15) is 24.6 Å². The van der Waals surface area contributed by atoms with Gasteiger partial charge >= 0.3 is 12.0 Å². The molecule has 18 heavy (non-hydrogen) atoms. The molecule has 5 nitrogen and oxygen atoms in total. The molecule has 0 aliphatic carbocycles. The van der Waals surface area contributed by atoms with Gasteiger partial charge in [0.1, 0.15) is 0 Å². The second-order valence-electron chi connectivity index (χ2n) is 3.93. The van der Waals surface area contributed by atoms with Crippen LogP contribution in [0.4, 0.5) is 4.79 Å². The third-order valence-corrected chi connectivity index (χ3v) is 3.42. The van der Waals surface area contributed by atoms with Gasteiger partial charge in [-0.2, -0.15) is 0 Å². The average molecular weight is 270 g/mol. The van der Waals surface area contributed by atoms with Gasteiger partial charge in [-0.25, -0.2) is 4.79 Å². The summed E-state index contributed by atoms with van der Waals surface area (Å²) in [7, 11) is 0. The van der Waals surface area contributed by atoms with Crippen LogP contribution in [0.3, 0.4) is 0 Å². The van der Waals surface area contributed by atoms with Crippen LogP contribution in [0.25, 0.3) is 0 Å². The molecular weight excluding hydrogens is 252 g/mol. The lowest BCUT2D eigenvalue weighted by Gasteiger charge is -2.15. The summed E-state index contributed by atoms with van der Waals surface area (Å²) in [5.41, 5.74) is 0. The molecule has 3 N–H and O–H groups in total. The van der Waals surface area contributed by atoms with Crippen molar-refractivity contribution in [1.29, 1.82) is 0 Å². The maximum atomic E-state index is 11.5. The summed E-state index contributed by atoms with van der Waals surface area (Å²) in [6.45, 7) is 2.40. The minimum absolute atomic E-state index is 0.0468. The van der Waals surface area contributed by atoms with Crippen LogP contribution in [0.15, 0.2) is 17.5 Å². The van der Waals surface area contributed by atoms with Crippen molar-refractivity contribution in [3.8, 4) is 0 Å². The van der Waals surface area contributed by atoms with Gasteiger partial charge in [-0.1, -0.05) is 13.0 Å². The lowest BCUT2D eigenvalue weighted by molar-refractivity contribution is -0.137.